The molecule has 18 rings (SSSR count). The van der Waals surface area contributed by atoms with Gasteiger partial charge in [-0.05, 0) is 106 Å². The van der Waals surface area contributed by atoms with E-state index in [1.54, 1.807) is 0 Å². The lowest BCUT2D eigenvalue weighted by Gasteiger charge is -2.42. The summed E-state index contributed by atoms with van der Waals surface area (Å²) in [5, 5.41) is 0. The summed E-state index contributed by atoms with van der Waals surface area (Å²) in [7, 11) is 0. The molecule has 15 aromatic rings. The second-order valence-corrected chi connectivity index (χ2v) is 22.2. The van der Waals surface area contributed by atoms with E-state index in [2.05, 4.69) is 264 Å². The van der Waals surface area contributed by atoms with Crippen LogP contribution in [0.5, 0.6) is 0 Å². The van der Waals surface area contributed by atoms with E-state index in [-0.39, 0.29) is 11.8 Å². The number of benzene rings is 11. The highest BCUT2D eigenvalue weighted by Crippen LogP contribution is 2.57. The first-order valence-electron chi connectivity index (χ1n) is 29.2. The van der Waals surface area contributed by atoms with Crippen LogP contribution in [0.2, 0.25) is 0 Å². The number of nitrogens with zero attached hydrogens (tertiary/aromatic N) is 8. The Bertz CT molecular complexity index is 4770. The van der Waals surface area contributed by atoms with Crippen molar-refractivity contribution in [3.05, 3.63) is 325 Å². The quantitative estimate of drug-likeness (QED) is 0.136. The molecule has 4 heterocycles. The third kappa shape index (κ3) is 8.29. The molecule has 0 fully saturated rings. The van der Waals surface area contributed by atoms with Gasteiger partial charge in [0.2, 0.25) is 0 Å². The molecule has 2 unspecified atom stereocenters. The summed E-state index contributed by atoms with van der Waals surface area (Å²) in [5.74, 6) is 3.13. The van der Waals surface area contributed by atoms with Crippen molar-refractivity contribution in [1.29, 1.82) is 0 Å². The first-order chi connectivity index (χ1) is 42.6. The Balaban J connectivity index is 0.738. The lowest BCUT2D eigenvalue weighted by molar-refractivity contribution is 0.754. The molecule has 0 radical (unpaired) electrons. The standard InChI is InChI=1S/C78H50N8/c1-5-19-49(20-6-1)67-47-69(51-33-37-53(38-34-51)77-83-65-29-15-17-31-71(65)85(77)57-23-9-3-10-24-57)81-75(79-67)55-41-43-61-63(45-55)73-59-27-13-14-28-60(59)74(61)64-46-56(42-44-62(64)73)76-80-68(50-21-7-2-8-22-50)48-70(82-76)52-35-39-54(40-36-52)78-84-66-30-16-18-32-72(66)86(78)58-25-11-4-12-26-58/h1-48,73-74H. The molecule has 2 bridgehead atoms. The van der Waals surface area contributed by atoms with E-state index in [9.17, 15) is 0 Å². The summed E-state index contributed by atoms with van der Waals surface area (Å²) in [6, 6.07) is 103. The van der Waals surface area contributed by atoms with Crippen LogP contribution in [0, 0.1) is 0 Å². The van der Waals surface area contributed by atoms with Gasteiger partial charge in [-0.15, -0.1) is 0 Å². The third-order valence-corrected chi connectivity index (χ3v) is 17.2. The van der Waals surface area contributed by atoms with E-state index in [0.29, 0.717) is 11.6 Å². The van der Waals surface area contributed by atoms with Crippen LogP contribution in [0.1, 0.15) is 45.2 Å². The Hall–Kier alpha value is -11.5. The van der Waals surface area contributed by atoms with Crippen molar-refractivity contribution >= 4 is 22.1 Å². The fourth-order valence-corrected chi connectivity index (χ4v) is 13.2. The molecule has 0 aliphatic heterocycles. The average Bonchev–Trinajstić information content (AvgIpc) is 0.970. The Morgan fingerprint density at radius 1 is 0.221 bits per heavy atom. The number of para-hydroxylation sites is 6. The minimum absolute atomic E-state index is 0.000313. The zero-order valence-electron chi connectivity index (χ0n) is 46.4. The van der Waals surface area contributed by atoms with Gasteiger partial charge < -0.3 is 0 Å². The maximum absolute atomic E-state index is 5.40. The lowest BCUT2D eigenvalue weighted by atomic mass is 9.61. The van der Waals surface area contributed by atoms with Gasteiger partial charge in [0, 0.05) is 67.7 Å². The third-order valence-electron chi connectivity index (χ3n) is 17.2. The number of hydrogen-bond donors (Lipinski definition) is 0. The molecular formula is C78H50N8. The first-order valence-corrected chi connectivity index (χ1v) is 29.2. The smallest absolute Gasteiger partial charge is 0.160 e. The normalized spacial score (nSPS) is 13.8. The minimum atomic E-state index is 0.000313. The highest BCUT2D eigenvalue weighted by atomic mass is 15.1. The summed E-state index contributed by atoms with van der Waals surface area (Å²) in [4.78, 5) is 31.8. The van der Waals surface area contributed by atoms with Gasteiger partial charge in [0.1, 0.15) is 11.6 Å². The fraction of sp³-hybridized carbons (Fsp3) is 0.0256. The Kier molecular flexibility index (Phi) is 11.5. The molecule has 3 aliphatic rings. The molecule has 0 N–H and O–H groups in total. The molecule has 4 aromatic heterocycles. The van der Waals surface area contributed by atoms with Crippen LogP contribution in [-0.2, 0) is 0 Å². The van der Waals surface area contributed by atoms with Crippen LogP contribution >= 0.6 is 0 Å². The molecule has 8 heteroatoms. The van der Waals surface area contributed by atoms with Gasteiger partial charge in [0.15, 0.2) is 11.6 Å². The van der Waals surface area contributed by atoms with Crippen molar-refractivity contribution in [2.24, 2.45) is 0 Å². The lowest BCUT2D eigenvalue weighted by Crippen LogP contribution is -2.27. The Labute approximate surface area is 496 Å². The monoisotopic (exact) mass is 1100 g/mol. The summed E-state index contributed by atoms with van der Waals surface area (Å²) in [6.45, 7) is 0. The Morgan fingerprint density at radius 3 is 0.919 bits per heavy atom. The van der Waals surface area contributed by atoms with E-state index in [1.165, 1.54) is 33.4 Å². The summed E-state index contributed by atoms with van der Waals surface area (Å²) >= 11 is 0. The maximum atomic E-state index is 5.40. The van der Waals surface area contributed by atoms with Crippen LogP contribution in [0.15, 0.2) is 291 Å². The van der Waals surface area contributed by atoms with E-state index < -0.39 is 0 Å². The zero-order valence-corrected chi connectivity index (χ0v) is 46.4. The molecule has 8 nitrogen and oxygen atoms in total. The second-order valence-electron chi connectivity index (χ2n) is 22.2. The molecule has 86 heavy (non-hydrogen) atoms. The number of fused-ring (bicyclic) bond motifs is 2. The largest absolute Gasteiger partial charge is 0.292 e. The SMILES string of the molecule is c1ccc(-c2cc(-c3ccc(-c4nc5ccccc5n4-c4ccccc4)cc3)nc(-c3ccc4c(c3)C3c5ccccc5C4c4cc(-c5nc(-c6ccccc6)cc(-c6ccc(-c7nc8ccccc8n7-c7ccccc7)cc6)n5)ccc43)n2)cc1. The number of aromatic nitrogens is 8. The van der Waals surface area contributed by atoms with Crippen molar-refractivity contribution in [2.75, 3.05) is 0 Å². The highest BCUT2D eigenvalue weighted by Gasteiger charge is 2.41. The van der Waals surface area contributed by atoms with Gasteiger partial charge in [-0.2, -0.15) is 0 Å². The predicted molar refractivity (Wildman–Crippen MR) is 345 cm³/mol. The Morgan fingerprint density at radius 2 is 0.523 bits per heavy atom. The minimum Gasteiger partial charge on any atom is -0.292 e. The van der Waals surface area contributed by atoms with Crippen molar-refractivity contribution < 1.29 is 0 Å². The molecule has 0 saturated heterocycles. The molecule has 2 atom stereocenters. The molecule has 402 valence electrons. The van der Waals surface area contributed by atoms with Crippen LogP contribution < -0.4 is 0 Å². The highest BCUT2D eigenvalue weighted by molar-refractivity contribution is 5.86. The zero-order chi connectivity index (χ0) is 56.7. The van der Waals surface area contributed by atoms with E-state index in [4.69, 9.17) is 29.9 Å². The summed E-state index contributed by atoms with van der Waals surface area (Å²) in [5.41, 5.74) is 25.4. The molecule has 0 saturated carbocycles. The van der Waals surface area contributed by atoms with E-state index in [1.807, 2.05) is 36.4 Å². The van der Waals surface area contributed by atoms with Crippen LogP contribution in [-0.4, -0.2) is 39.0 Å². The van der Waals surface area contributed by atoms with Crippen molar-refractivity contribution in [2.45, 2.75) is 11.8 Å². The second kappa shape index (κ2) is 20.2. The van der Waals surface area contributed by atoms with Gasteiger partial charge >= 0.3 is 0 Å². The van der Waals surface area contributed by atoms with Gasteiger partial charge in [0.25, 0.3) is 0 Å². The number of imidazole rings is 2. The van der Waals surface area contributed by atoms with Gasteiger partial charge in [-0.1, -0.05) is 218 Å². The predicted octanol–water partition coefficient (Wildman–Crippen LogP) is 18.3. The topological polar surface area (TPSA) is 87.2 Å². The van der Waals surface area contributed by atoms with Gasteiger partial charge in [0.05, 0.1) is 44.8 Å². The van der Waals surface area contributed by atoms with Crippen molar-refractivity contribution in [3.8, 4) is 102 Å². The van der Waals surface area contributed by atoms with Crippen LogP contribution in [0.25, 0.3) is 124 Å². The van der Waals surface area contributed by atoms with Crippen molar-refractivity contribution in [1.82, 2.24) is 39.0 Å². The molecule has 11 aromatic carbocycles. The fourth-order valence-electron chi connectivity index (χ4n) is 13.2. The van der Waals surface area contributed by atoms with Gasteiger partial charge in [-0.3, -0.25) is 9.13 Å². The first kappa shape index (κ1) is 49.2. The molecule has 0 amide bonds. The van der Waals surface area contributed by atoms with E-state index in [0.717, 1.165) is 112 Å². The maximum Gasteiger partial charge on any atom is 0.160 e. The number of hydrogen-bond acceptors (Lipinski definition) is 6. The summed E-state index contributed by atoms with van der Waals surface area (Å²) in [6.07, 6.45) is 0. The van der Waals surface area contributed by atoms with Gasteiger partial charge in [-0.25, -0.2) is 29.9 Å². The summed E-state index contributed by atoms with van der Waals surface area (Å²) < 4.78 is 4.47. The van der Waals surface area contributed by atoms with Crippen LogP contribution in [0.3, 0.4) is 0 Å². The van der Waals surface area contributed by atoms with Crippen molar-refractivity contribution in [3.63, 3.8) is 0 Å². The van der Waals surface area contributed by atoms with Crippen LogP contribution in [0.4, 0.5) is 0 Å². The molecular weight excluding hydrogens is 1050 g/mol. The molecule has 0 spiro atoms. The molecule has 3 aliphatic carbocycles. The van der Waals surface area contributed by atoms with E-state index >= 15 is 0 Å². The average molecular weight is 1100 g/mol. The number of rotatable bonds is 10.